The van der Waals surface area contributed by atoms with Crippen molar-refractivity contribution < 1.29 is 79.7 Å². The van der Waals surface area contributed by atoms with E-state index in [-0.39, 0.29) is 26.9 Å². The Morgan fingerprint density at radius 1 is 0.636 bits per heavy atom. The Kier molecular flexibility index (Phi) is 19.3. The molecule has 0 spiro atoms. The second-order valence-electron chi connectivity index (χ2n) is 9.25. The van der Waals surface area contributed by atoms with Gasteiger partial charge in [0.1, 0.15) is 0 Å². The summed E-state index contributed by atoms with van der Waals surface area (Å²) in [5, 5.41) is -5.11. The molecule has 0 bridgehead atoms. The molecule has 4 rings (SSSR count). The number of hydrogen-bond acceptors (Lipinski definition) is 12. The van der Waals surface area contributed by atoms with Crippen molar-refractivity contribution in [2.24, 2.45) is 0 Å². The van der Waals surface area contributed by atoms with Crippen LogP contribution < -0.4 is 0 Å². The Morgan fingerprint density at radius 2 is 1.00 bits per heavy atom. The highest BCUT2D eigenvalue weighted by atomic mass is 127. The summed E-state index contributed by atoms with van der Waals surface area (Å²) in [6.07, 6.45) is -2.91. The number of esters is 3. The Morgan fingerprint density at radius 3 is 1.33 bits per heavy atom. The van der Waals surface area contributed by atoms with Crippen LogP contribution in [0.5, 0.6) is 0 Å². The summed E-state index contributed by atoms with van der Waals surface area (Å²) in [5.41, 5.74) is -2.52. The Hall–Kier alpha value is -3.95. The maximum Gasteiger partial charge on any atom is 0.470 e. The molecule has 0 atom stereocenters. The molecule has 0 saturated heterocycles. The van der Waals surface area contributed by atoms with Gasteiger partial charge in [-0.3, -0.25) is 0 Å². The maximum absolute atomic E-state index is 12.9. The molecule has 2 aromatic heterocycles. The van der Waals surface area contributed by atoms with Crippen LogP contribution in [0.1, 0.15) is 34.0 Å². The monoisotopic (exact) mass is 1030 g/mol. The van der Waals surface area contributed by atoms with Crippen molar-refractivity contribution in [2.45, 2.75) is 28.6 Å². The van der Waals surface area contributed by atoms with Crippen molar-refractivity contribution >= 4 is 86.7 Å². The van der Waals surface area contributed by atoms with Gasteiger partial charge in [0, 0.05) is 12.4 Å². The Balaban J connectivity index is 0.000000809. The number of halogens is 8. The molecule has 2 aromatic carbocycles. The van der Waals surface area contributed by atoms with Crippen LogP contribution >= 0.6 is 38.5 Å². The summed E-state index contributed by atoms with van der Waals surface area (Å²) >= 11 is 5.29. The van der Waals surface area contributed by atoms with Crippen molar-refractivity contribution in [2.75, 3.05) is 26.3 Å². The molecular formula is C30H30BrF6IN2O12S3. The number of carbonyl (C=O) groups is 3. The van der Waals surface area contributed by atoms with Gasteiger partial charge in [0.2, 0.25) is 0 Å². The van der Waals surface area contributed by atoms with Crippen LogP contribution in [0.4, 0.5) is 25.8 Å². The maximum atomic E-state index is 12.9. The zero-order chi connectivity index (χ0) is 41.9. The van der Waals surface area contributed by atoms with Crippen LogP contribution in [-0.4, -0.2) is 82.6 Å². The third-order valence-electron chi connectivity index (χ3n) is 6.05. The largest absolute Gasteiger partial charge is 0.470 e. The fraction of sp³-hybridized carbons (Fsp3) is 0.233. The van der Waals surface area contributed by atoms with Gasteiger partial charge < -0.3 is 14.2 Å². The molecule has 0 fully saturated rings. The number of ether oxygens (including phenoxy) is 3. The molecule has 0 aliphatic rings. The fourth-order valence-corrected chi connectivity index (χ4v) is 7.24. The molecule has 0 aliphatic carbocycles. The molecule has 0 unspecified atom stereocenters. The molecule has 0 N–H and O–H groups in total. The van der Waals surface area contributed by atoms with Crippen molar-refractivity contribution in [3.8, 4) is 0 Å². The molecule has 25 heteroatoms. The second kappa shape index (κ2) is 20.8. The summed E-state index contributed by atoms with van der Waals surface area (Å²) in [6, 6.07) is 16.7. The predicted octanol–water partition coefficient (Wildman–Crippen LogP) is 6.54. The first-order chi connectivity index (χ1) is 24.9. The van der Waals surface area contributed by atoms with Crippen molar-refractivity contribution in [3.05, 3.63) is 107 Å². The average Bonchev–Trinajstić information content (AvgIpc) is 3.78. The van der Waals surface area contributed by atoms with Gasteiger partial charge in [0.25, 0.3) is 20.0 Å². The van der Waals surface area contributed by atoms with Crippen LogP contribution in [0.15, 0.2) is 99.5 Å². The lowest BCUT2D eigenvalue weighted by molar-refractivity contribution is -0.157. The number of benzene rings is 2. The molecular weight excluding hydrogens is 997 g/mol. The molecule has 4 aromatic rings. The SMILES string of the molecule is C.CI.COC(=O)C(F)(F)S(=O)(=O)F.COC(=O)c1c(Br)ccn1S(=O)(=O)c1ccccc1.COC(=O)c1c(C(F)(F)F)ccn1S(=O)(=O)c1ccccc1. The summed E-state index contributed by atoms with van der Waals surface area (Å²) < 4.78 is 157. The zero-order valence-corrected chi connectivity index (χ0v) is 33.8. The van der Waals surface area contributed by atoms with Gasteiger partial charge in [0.15, 0.2) is 11.4 Å². The van der Waals surface area contributed by atoms with E-state index in [0.717, 1.165) is 11.1 Å². The fourth-order valence-electron chi connectivity index (χ4n) is 3.65. The number of carbonyl (C=O) groups excluding carboxylic acids is 3. The predicted molar refractivity (Wildman–Crippen MR) is 196 cm³/mol. The van der Waals surface area contributed by atoms with E-state index >= 15 is 0 Å². The van der Waals surface area contributed by atoms with E-state index in [2.05, 4.69) is 52.7 Å². The van der Waals surface area contributed by atoms with E-state index in [1.165, 1.54) is 55.8 Å². The topological polar surface area (TPSA) is 191 Å². The number of alkyl halides is 6. The van der Waals surface area contributed by atoms with Crippen LogP contribution in [0.3, 0.4) is 0 Å². The first-order valence-electron chi connectivity index (χ1n) is 13.6. The smallest absolute Gasteiger partial charge is 0.464 e. The number of methoxy groups -OCH3 is 3. The molecule has 55 heavy (non-hydrogen) atoms. The second-order valence-corrected chi connectivity index (χ2v) is 15.1. The average molecular weight is 1030 g/mol. The minimum absolute atomic E-state index is 0. The van der Waals surface area contributed by atoms with Gasteiger partial charge in [0.05, 0.1) is 41.2 Å². The van der Waals surface area contributed by atoms with Gasteiger partial charge in [-0.25, -0.2) is 39.2 Å². The first kappa shape index (κ1) is 51.0. The Bertz CT molecular complexity index is 2250. The third-order valence-corrected chi connectivity index (χ3v) is 10.8. The lowest BCUT2D eigenvalue weighted by atomic mass is 10.2. The van der Waals surface area contributed by atoms with Gasteiger partial charge in [-0.1, -0.05) is 70.3 Å². The molecule has 2 heterocycles. The standard InChI is InChI=1S/C13H10F3NO4S.C12H10BrNO4S.C3H3F3O4S.CH3I.CH4/c1-21-12(18)11-10(13(14,15)16)7-8-17(11)22(19,20)9-5-3-2-4-6-9;1-18-12(15)11-10(13)7-8-14(11)19(16,17)9-5-3-2-4-6-9;1-10-2(7)3(4,5)11(6,8)9;1-2;/h2-8H,1H3;2-8H,1H3;1H3;1H3;1H4. The van der Waals surface area contributed by atoms with E-state index < -0.39 is 70.9 Å². The summed E-state index contributed by atoms with van der Waals surface area (Å²) in [5.74, 6) is -4.56. The minimum atomic E-state index is -6.22. The van der Waals surface area contributed by atoms with Crippen molar-refractivity contribution in [1.82, 2.24) is 7.94 Å². The van der Waals surface area contributed by atoms with Crippen LogP contribution in [0.25, 0.3) is 0 Å². The van der Waals surface area contributed by atoms with Gasteiger partial charge >= 0.3 is 39.6 Å². The normalized spacial score (nSPS) is 11.4. The first-order valence-corrected chi connectivity index (χ1v) is 20.8. The van der Waals surface area contributed by atoms with E-state index in [9.17, 15) is 65.5 Å². The Labute approximate surface area is 334 Å². The van der Waals surface area contributed by atoms with Gasteiger partial charge in [-0.05, 0) is 57.3 Å². The van der Waals surface area contributed by atoms with Gasteiger partial charge in [-0.15, -0.1) is 0 Å². The zero-order valence-electron chi connectivity index (χ0n) is 27.6. The number of hydrogen-bond donors (Lipinski definition) is 0. The minimum Gasteiger partial charge on any atom is -0.464 e. The number of rotatable bonds is 8. The number of nitrogens with zero attached hydrogens (tertiary/aromatic N) is 2. The molecule has 0 saturated carbocycles. The summed E-state index contributed by atoms with van der Waals surface area (Å²) in [7, 11) is -11.8. The van der Waals surface area contributed by atoms with E-state index in [1.54, 1.807) is 24.3 Å². The highest BCUT2D eigenvalue weighted by molar-refractivity contribution is 14.1. The molecule has 0 aliphatic heterocycles. The van der Waals surface area contributed by atoms with Crippen LogP contribution in [-0.2, 0) is 55.5 Å². The van der Waals surface area contributed by atoms with E-state index in [0.29, 0.717) is 23.8 Å². The van der Waals surface area contributed by atoms with E-state index in [4.69, 9.17) is 0 Å². The number of aromatic nitrogens is 2. The van der Waals surface area contributed by atoms with Gasteiger partial charge in [-0.2, -0.15) is 30.4 Å². The molecule has 14 nitrogen and oxygen atoms in total. The van der Waals surface area contributed by atoms with Crippen molar-refractivity contribution in [3.63, 3.8) is 0 Å². The lowest BCUT2D eigenvalue weighted by Gasteiger charge is -2.12. The molecule has 306 valence electrons. The van der Waals surface area contributed by atoms with Crippen LogP contribution in [0.2, 0.25) is 0 Å². The third kappa shape index (κ3) is 12.3. The van der Waals surface area contributed by atoms with Crippen molar-refractivity contribution in [1.29, 1.82) is 0 Å². The summed E-state index contributed by atoms with van der Waals surface area (Å²) in [4.78, 5) is 35.0. The quantitative estimate of drug-likeness (QED) is 0.0463. The highest BCUT2D eigenvalue weighted by Crippen LogP contribution is 2.34. The van der Waals surface area contributed by atoms with E-state index in [1.807, 2.05) is 4.93 Å². The van der Waals surface area contributed by atoms with Crippen LogP contribution in [0, 0.1) is 0 Å². The lowest BCUT2D eigenvalue weighted by Crippen LogP contribution is -2.36. The summed E-state index contributed by atoms with van der Waals surface area (Å²) in [6.45, 7) is 0. The highest BCUT2D eigenvalue weighted by Gasteiger charge is 2.55. The molecule has 0 amide bonds. The molecule has 0 radical (unpaired) electrons.